The molecule has 0 radical (unpaired) electrons. The Bertz CT molecular complexity index is 435. The fourth-order valence-electron chi connectivity index (χ4n) is 2.62. The zero-order valence-corrected chi connectivity index (χ0v) is 11.0. The van der Waals surface area contributed by atoms with Crippen LogP contribution in [0.1, 0.15) is 34.9 Å². The molecule has 5 nitrogen and oxygen atoms in total. The van der Waals surface area contributed by atoms with E-state index in [9.17, 15) is 4.79 Å². The number of nitrogens with one attached hydrogen (secondary N) is 1. The summed E-state index contributed by atoms with van der Waals surface area (Å²) < 4.78 is 5.25. The molecule has 3 rings (SSSR count). The molecule has 5 heteroatoms. The van der Waals surface area contributed by atoms with Gasteiger partial charge in [-0.05, 0) is 31.5 Å². The molecule has 0 saturated carbocycles. The van der Waals surface area contributed by atoms with Crippen molar-refractivity contribution in [2.75, 3.05) is 32.8 Å². The molecule has 1 aromatic heterocycles. The SMILES string of the molecule is O=C(c1ccc(C2CCCN2)nc1)N1CCOCC1. The third-order valence-corrected chi connectivity index (χ3v) is 3.75. The number of ether oxygens (including phenoxy) is 1. The van der Waals surface area contributed by atoms with Gasteiger partial charge in [0.2, 0.25) is 0 Å². The Balaban J connectivity index is 1.69. The zero-order chi connectivity index (χ0) is 13.1. The first-order valence-electron chi connectivity index (χ1n) is 6.91. The standard InChI is InChI=1S/C14H19N3O2/c18-14(17-6-8-19-9-7-17)11-3-4-13(16-10-11)12-2-1-5-15-12/h3-4,10,12,15H,1-2,5-9H2. The average Bonchev–Trinajstić information content (AvgIpc) is 3.02. The summed E-state index contributed by atoms with van der Waals surface area (Å²) in [5.41, 5.74) is 1.71. The lowest BCUT2D eigenvalue weighted by Gasteiger charge is -2.26. The van der Waals surface area contributed by atoms with Gasteiger partial charge in [0.05, 0.1) is 24.5 Å². The van der Waals surface area contributed by atoms with Crippen molar-refractivity contribution in [3.63, 3.8) is 0 Å². The molecule has 1 unspecified atom stereocenters. The second-order valence-corrected chi connectivity index (χ2v) is 5.03. The Morgan fingerprint density at radius 3 is 2.84 bits per heavy atom. The van der Waals surface area contributed by atoms with Crippen molar-refractivity contribution in [2.45, 2.75) is 18.9 Å². The van der Waals surface area contributed by atoms with Gasteiger partial charge in [0.15, 0.2) is 0 Å². The summed E-state index contributed by atoms with van der Waals surface area (Å²) in [6, 6.07) is 4.21. The normalized spacial score (nSPS) is 23.6. The van der Waals surface area contributed by atoms with Crippen LogP contribution in [0.5, 0.6) is 0 Å². The highest BCUT2D eigenvalue weighted by Crippen LogP contribution is 2.21. The maximum atomic E-state index is 12.2. The Labute approximate surface area is 113 Å². The molecule has 1 amide bonds. The van der Waals surface area contributed by atoms with E-state index in [1.165, 1.54) is 6.42 Å². The molecule has 2 saturated heterocycles. The topological polar surface area (TPSA) is 54.5 Å². The van der Waals surface area contributed by atoms with Crippen molar-refractivity contribution in [2.24, 2.45) is 0 Å². The minimum absolute atomic E-state index is 0.0572. The third-order valence-electron chi connectivity index (χ3n) is 3.75. The lowest BCUT2D eigenvalue weighted by Crippen LogP contribution is -2.40. The van der Waals surface area contributed by atoms with Crippen LogP contribution >= 0.6 is 0 Å². The van der Waals surface area contributed by atoms with Crippen LogP contribution in [0.3, 0.4) is 0 Å². The van der Waals surface area contributed by atoms with Gasteiger partial charge < -0.3 is 15.0 Å². The molecule has 0 bridgehead atoms. The van der Waals surface area contributed by atoms with Gasteiger partial charge in [-0.2, -0.15) is 0 Å². The molecule has 2 aliphatic rings. The quantitative estimate of drug-likeness (QED) is 0.862. The number of morpholine rings is 1. The smallest absolute Gasteiger partial charge is 0.255 e. The Morgan fingerprint density at radius 1 is 1.37 bits per heavy atom. The van der Waals surface area contributed by atoms with Crippen LogP contribution in [0.2, 0.25) is 0 Å². The van der Waals surface area contributed by atoms with Gasteiger partial charge in [0, 0.05) is 25.3 Å². The average molecular weight is 261 g/mol. The Hall–Kier alpha value is -1.46. The first-order valence-corrected chi connectivity index (χ1v) is 6.91. The van der Waals surface area contributed by atoms with Crippen molar-refractivity contribution in [3.05, 3.63) is 29.6 Å². The number of carbonyl (C=O) groups excluding carboxylic acids is 1. The summed E-state index contributed by atoms with van der Waals surface area (Å²) in [5.74, 6) is 0.0572. The maximum absolute atomic E-state index is 12.2. The lowest BCUT2D eigenvalue weighted by atomic mass is 10.1. The van der Waals surface area contributed by atoms with E-state index in [1.54, 1.807) is 6.20 Å². The molecule has 0 aromatic carbocycles. The third kappa shape index (κ3) is 2.77. The van der Waals surface area contributed by atoms with E-state index < -0.39 is 0 Å². The molecule has 19 heavy (non-hydrogen) atoms. The largest absolute Gasteiger partial charge is 0.378 e. The van der Waals surface area contributed by atoms with Gasteiger partial charge in [0.1, 0.15) is 0 Å². The monoisotopic (exact) mass is 261 g/mol. The van der Waals surface area contributed by atoms with E-state index in [0.717, 1.165) is 18.7 Å². The van der Waals surface area contributed by atoms with Gasteiger partial charge in [-0.3, -0.25) is 9.78 Å². The number of amides is 1. The van der Waals surface area contributed by atoms with Gasteiger partial charge in [-0.25, -0.2) is 0 Å². The Morgan fingerprint density at radius 2 is 2.21 bits per heavy atom. The van der Waals surface area contributed by atoms with E-state index in [1.807, 2.05) is 17.0 Å². The molecule has 1 N–H and O–H groups in total. The van der Waals surface area contributed by atoms with Crippen molar-refractivity contribution >= 4 is 5.91 Å². The van der Waals surface area contributed by atoms with Gasteiger partial charge >= 0.3 is 0 Å². The first-order chi connectivity index (χ1) is 9.34. The van der Waals surface area contributed by atoms with E-state index in [0.29, 0.717) is 37.9 Å². The number of hydrogen-bond donors (Lipinski definition) is 1. The molecule has 1 aromatic rings. The van der Waals surface area contributed by atoms with Crippen LogP contribution in [-0.4, -0.2) is 48.6 Å². The van der Waals surface area contributed by atoms with Crippen molar-refractivity contribution < 1.29 is 9.53 Å². The summed E-state index contributed by atoms with van der Waals surface area (Å²) >= 11 is 0. The van der Waals surface area contributed by atoms with Crippen LogP contribution in [0.4, 0.5) is 0 Å². The number of hydrogen-bond acceptors (Lipinski definition) is 4. The molecule has 3 heterocycles. The van der Waals surface area contributed by atoms with Crippen molar-refractivity contribution in [3.8, 4) is 0 Å². The number of carbonyl (C=O) groups is 1. The molecule has 1 atom stereocenters. The van der Waals surface area contributed by atoms with Crippen molar-refractivity contribution in [1.29, 1.82) is 0 Å². The minimum atomic E-state index is 0.0572. The van der Waals surface area contributed by atoms with Crippen LogP contribution < -0.4 is 5.32 Å². The summed E-state index contributed by atoms with van der Waals surface area (Å²) in [4.78, 5) is 18.5. The maximum Gasteiger partial charge on any atom is 0.255 e. The zero-order valence-electron chi connectivity index (χ0n) is 11.0. The predicted octanol–water partition coefficient (Wildman–Crippen LogP) is 0.978. The minimum Gasteiger partial charge on any atom is -0.378 e. The molecular formula is C14H19N3O2. The van der Waals surface area contributed by atoms with Gasteiger partial charge in [-0.1, -0.05) is 0 Å². The number of pyridine rings is 1. The molecule has 2 aliphatic heterocycles. The summed E-state index contributed by atoms with van der Waals surface area (Å²) in [5, 5.41) is 3.41. The molecule has 0 aliphatic carbocycles. The summed E-state index contributed by atoms with van der Waals surface area (Å²) in [7, 11) is 0. The number of rotatable bonds is 2. The van der Waals surface area contributed by atoms with E-state index in [4.69, 9.17) is 4.74 Å². The molecule has 0 spiro atoms. The van der Waals surface area contributed by atoms with Crippen LogP contribution in [0.15, 0.2) is 18.3 Å². The molecule has 2 fully saturated rings. The predicted molar refractivity (Wildman–Crippen MR) is 70.9 cm³/mol. The van der Waals surface area contributed by atoms with Crippen LogP contribution in [0, 0.1) is 0 Å². The fourth-order valence-corrected chi connectivity index (χ4v) is 2.62. The molecular weight excluding hydrogens is 242 g/mol. The lowest BCUT2D eigenvalue weighted by molar-refractivity contribution is 0.0302. The van der Waals surface area contributed by atoms with E-state index in [-0.39, 0.29) is 5.91 Å². The van der Waals surface area contributed by atoms with Gasteiger partial charge in [0.25, 0.3) is 5.91 Å². The van der Waals surface area contributed by atoms with E-state index >= 15 is 0 Å². The summed E-state index contributed by atoms with van der Waals surface area (Å²) in [6.45, 7) is 3.66. The first kappa shape index (κ1) is 12.6. The summed E-state index contributed by atoms with van der Waals surface area (Å²) in [6.07, 6.45) is 4.03. The second kappa shape index (κ2) is 5.67. The van der Waals surface area contributed by atoms with Crippen molar-refractivity contribution in [1.82, 2.24) is 15.2 Å². The number of aromatic nitrogens is 1. The highest BCUT2D eigenvalue weighted by atomic mass is 16.5. The fraction of sp³-hybridized carbons (Fsp3) is 0.571. The van der Waals surface area contributed by atoms with Crippen LogP contribution in [0.25, 0.3) is 0 Å². The van der Waals surface area contributed by atoms with Crippen LogP contribution in [-0.2, 0) is 4.74 Å². The number of nitrogens with zero attached hydrogens (tertiary/aromatic N) is 2. The van der Waals surface area contributed by atoms with E-state index in [2.05, 4.69) is 10.3 Å². The highest BCUT2D eigenvalue weighted by molar-refractivity contribution is 5.94. The highest BCUT2D eigenvalue weighted by Gasteiger charge is 2.20. The Kier molecular flexibility index (Phi) is 3.75. The molecule has 102 valence electrons. The van der Waals surface area contributed by atoms with Gasteiger partial charge in [-0.15, -0.1) is 0 Å². The second-order valence-electron chi connectivity index (χ2n) is 5.03.